The lowest BCUT2D eigenvalue weighted by Crippen LogP contribution is -2.39. The lowest BCUT2D eigenvalue weighted by Gasteiger charge is -2.27. The zero-order valence-electron chi connectivity index (χ0n) is 9.45. The standard InChI is InChI=1S/C11H20N2O3/c12-6-2-5-10(14)13-9-4-1-3-8(7-9)11(15)16/h8-9H,1-7,12H2,(H,13,14)(H,15,16). The van der Waals surface area contributed by atoms with Crippen LogP contribution < -0.4 is 11.1 Å². The average Bonchev–Trinajstić information content (AvgIpc) is 2.26. The smallest absolute Gasteiger partial charge is 0.306 e. The molecule has 1 amide bonds. The van der Waals surface area contributed by atoms with Gasteiger partial charge < -0.3 is 16.2 Å². The Morgan fingerprint density at radius 3 is 2.75 bits per heavy atom. The van der Waals surface area contributed by atoms with Crippen LogP contribution in [0.3, 0.4) is 0 Å². The zero-order chi connectivity index (χ0) is 12.0. The highest BCUT2D eigenvalue weighted by atomic mass is 16.4. The molecule has 0 aromatic carbocycles. The first-order valence-electron chi connectivity index (χ1n) is 5.85. The van der Waals surface area contributed by atoms with Crippen molar-refractivity contribution in [2.75, 3.05) is 6.54 Å². The number of hydrogen-bond donors (Lipinski definition) is 3. The molecule has 1 fully saturated rings. The number of nitrogens with two attached hydrogens (primary N) is 1. The summed E-state index contributed by atoms with van der Waals surface area (Å²) in [5.74, 6) is -1.06. The van der Waals surface area contributed by atoms with E-state index in [-0.39, 0.29) is 17.9 Å². The van der Waals surface area contributed by atoms with Gasteiger partial charge in [-0.05, 0) is 32.2 Å². The van der Waals surface area contributed by atoms with E-state index < -0.39 is 5.97 Å². The van der Waals surface area contributed by atoms with Crippen LogP contribution in [0, 0.1) is 5.92 Å². The molecule has 5 heteroatoms. The van der Waals surface area contributed by atoms with E-state index in [0.29, 0.717) is 25.8 Å². The van der Waals surface area contributed by atoms with E-state index in [1.165, 1.54) is 0 Å². The maximum atomic E-state index is 11.4. The SMILES string of the molecule is NCCCC(=O)NC1CCCC(C(=O)O)C1. The van der Waals surface area contributed by atoms with Crippen molar-refractivity contribution in [2.45, 2.75) is 44.6 Å². The summed E-state index contributed by atoms with van der Waals surface area (Å²) in [6, 6.07) is 0.0279. The predicted octanol–water partition coefficient (Wildman–Crippen LogP) is 0.485. The molecule has 2 atom stereocenters. The summed E-state index contributed by atoms with van der Waals surface area (Å²) in [6.45, 7) is 0.510. The van der Waals surface area contributed by atoms with Crippen molar-refractivity contribution in [3.8, 4) is 0 Å². The molecule has 0 spiro atoms. The Balaban J connectivity index is 2.31. The van der Waals surface area contributed by atoms with Crippen molar-refractivity contribution in [1.29, 1.82) is 0 Å². The summed E-state index contributed by atoms with van der Waals surface area (Å²) in [6.07, 6.45) is 4.16. The molecule has 0 aromatic rings. The number of aliphatic carboxylic acids is 1. The van der Waals surface area contributed by atoms with Gasteiger partial charge in [-0.3, -0.25) is 9.59 Å². The number of rotatable bonds is 5. The first-order valence-corrected chi connectivity index (χ1v) is 5.85. The van der Waals surface area contributed by atoms with Crippen LogP contribution in [0.5, 0.6) is 0 Å². The molecule has 92 valence electrons. The molecule has 0 bridgehead atoms. The highest BCUT2D eigenvalue weighted by Crippen LogP contribution is 2.24. The third-order valence-corrected chi connectivity index (χ3v) is 3.00. The molecule has 0 radical (unpaired) electrons. The Morgan fingerprint density at radius 2 is 2.12 bits per heavy atom. The molecule has 1 aliphatic carbocycles. The van der Waals surface area contributed by atoms with Crippen LogP contribution in [0.4, 0.5) is 0 Å². The molecule has 1 aliphatic rings. The van der Waals surface area contributed by atoms with Crippen LogP contribution in [0.1, 0.15) is 38.5 Å². The summed E-state index contributed by atoms with van der Waals surface area (Å²) in [5.41, 5.74) is 5.31. The predicted molar refractivity (Wildman–Crippen MR) is 59.8 cm³/mol. The minimum absolute atomic E-state index is 0.0125. The van der Waals surface area contributed by atoms with Gasteiger partial charge in [0, 0.05) is 12.5 Å². The van der Waals surface area contributed by atoms with Gasteiger partial charge in [0.15, 0.2) is 0 Å². The quantitative estimate of drug-likeness (QED) is 0.638. The maximum absolute atomic E-state index is 11.4. The number of hydrogen-bond acceptors (Lipinski definition) is 3. The summed E-state index contributed by atoms with van der Waals surface area (Å²) >= 11 is 0. The van der Waals surface area contributed by atoms with Crippen molar-refractivity contribution in [2.24, 2.45) is 11.7 Å². The summed E-state index contributed by atoms with van der Waals surface area (Å²) in [7, 11) is 0. The van der Waals surface area contributed by atoms with Gasteiger partial charge in [-0.1, -0.05) is 6.42 Å². The van der Waals surface area contributed by atoms with Gasteiger partial charge in [0.2, 0.25) is 5.91 Å². The fourth-order valence-electron chi connectivity index (χ4n) is 2.11. The summed E-state index contributed by atoms with van der Waals surface area (Å²) < 4.78 is 0. The number of carboxylic acid groups (broad SMARTS) is 1. The number of carboxylic acids is 1. The second-order valence-corrected chi connectivity index (χ2v) is 4.36. The van der Waals surface area contributed by atoms with E-state index in [1.807, 2.05) is 0 Å². The van der Waals surface area contributed by atoms with Crippen molar-refractivity contribution in [3.05, 3.63) is 0 Å². The summed E-state index contributed by atoms with van der Waals surface area (Å²) in [4.78, 5) is 22.3. The molecule has 1 saturated carbocycles. The Morgan fingerprint density at radius 1 is 1.38 bits per heavy atom. The van der Waals surface area contributed by atoms with E-state index in [9.17, 15) is 9.59 Å². The molecule has 0 saturated heterocycles. The van der Waals surface area contributed by atoms with Crippen molar-refractivity contribution in [3.63, 3.8) is 0 Å². The Bertz CT molecular complexity index is 256. The Kier molecular flexibility index (Phi) is 5.25. The van der Waals surface area contributed by atoms with Gasteiger partial charge in [-0.25, -0.2) is 0 Å². The molecule has 2 unspecified atom stereocenters. The molecule has 4 N–H and O–H groups in total. The fraction of sp³-hybridized carbons (Fsp3) is 0.818. The van der Waals surface area contributed by atoms with Crippen molar-refractivity contribution >= 4 is 11.9 Å². The van der Waals surface area contributed by atoms with Crippen LogP contribution in [0.25, 0.3) is 0 Å². The Hall–Kier alpha value is -1.10. The molecule has 16 heavy (non-hydrogen) atoms. The molecule has 0 aromatic heterocycles. The fourth-order valence-corrected chi connectivity index (χ4v) is 2.11. The molecule has 5 nitrogen and oxygen atoms in total. The first-order chi connectivity index (χ1) is 7.63. The van der Waals surface area contributed by atoms with Gasteiger partial charge in [-0.15, -0.1) is 0 Å². The zero-order valence-corrected chi connectivity index (χ0v) is 9.45. The average molecular weight is 228 g/mol. The molecular weight excluding hydrogens is 208 g/mol. The lowest BCUT2D eigenvalue weighted by atomic mass is 9.86. The first kappa shape index (κ1) is 13.0. The van der Waals surface area contributed by atoms with Gasteiger partial charge in [0.1, 0.15) is 0 Å². The van der Waals surface area contributed by atoms with Gasteiger partial charge in [0.05, 0.1) is 5.92 Å². The largest absolute Gasteiger partial charge is 0.481 e. The minimum Gasteiger partial charge on any atom is -0.481 e. The van der Waals surface area contributed by atoms with Crippen molar-refractivity contribution in [1.82, 2.24) is 5.32 Å². The number of carbonyl (C=O) groups excluding carboxylic acids is 1. The monoisotopic (exact) mass is 228 g/mol. The molecule has 0 aliphatic heterocycles. The number of carbonyl (C=O) groups is 2. The van der Waals surface area contributed by atoms with E-state index >= 15 is 0 Å². The van der Waals surface area contributed by atoms with E-state index in [2.05, 4.69) is 5.32 Å². The second kappa shape index (κ2) is 6.48. The summed E-state index contributed by atoms with van der Waals surface area (Å²) in [5, 5.41) is 11.8. The van der Waals surface area contributed by atoms with E-state index in [4.69, 9.17) is 10.8 Å². The van der Waals surface area contributed by atoms with Crippen LogP contribution in [-0.2, 0) is 9.59 Å². The van der Waals surface area contributed by atoms with Crippen LogP contribution in [0.2, 0.25) is 0 Å². The minimum atomic E-state index is -0.749. The van der Waals surface area contributed by atoms with E-state index in [1.54, 1.807) is 0 Å². The normalized spacial score (nSPS) is 25.1. The number of amides is 1. The lowest BCUT2D eigenvalue weighted by molar-refractivity contribution is -0.143. The van der Waals surface area contributed by atoms with Crippen LogP contribution in [0.15, 0.2) is 0 Å². The second-order valence-electron chi connectivity index (χ2n) is 4.36. The Labute approximate surface area is 95.4 Å². The topological polar surface area (TPSA) is 92.4 Å². The van der Waals surface area contributed by atoms with Gasteiger partial charge >= 0.3 is 5.97 Å². The molecular formula is C11H20N2O3. The van der Waals surface area contributed by atoms with Crippen LogP contribution >= 0.6 is 0 Å². The molecule has 1 rings (SSSR count). The third-order valence-electron chi connectivity index (χ3n) is 3.00. The van der Waals surface area contributed by atoms with Gasteiger partial charge in [0.25, 0.3) is 0 Å². The molecule has 0 heterocycles. The van der Waals surface area contributed by atoms with Gasteiger partial charge in [-0.2, -0.15) is 0 Å². The number of nitrogens with one attached hydrogen (secondary N) is 1. The van der Waals surface area contributed by atoms with Crippen molar-refractivity contribution < 1.29 is 14.7 Å². The highest BCUT2D eigenvalue weighted by Gasteiger charge is 2.27. The van der Waals surface area contributed by atoms with E-state index in [0.717, 1.165) is 19.3 Å². The maximum Gasteiger partial charge on any atom is 0.306 e. The van der Waals surface area contributed by atoms with Crippen LogP contribution in [-0.4, -0.2) is 29.6 Å². The highest BCUT2D eigenvalue weighted by molar-refractivity contribution is 5.76. The third kappa shape index (κ3) is 4.18.